The number of rotatable bonds is 6. The molecular weight excluding hydrogens is 356 g/mol. The summed E-state index contributed by atoms with van der Waals surface area (Å²) in [4.78, 5) is 12.5. The van der Waals surface area contributed by atoms with Gasteiger partial charge in [-0.25, -0.2) is 0 Å². The number of nitrogens with one attached hydrogen (secondary N) is 1. The Bertz CT molecular complexity index is 989. The molecule has 0 fully saturated rings. The van der Waals surface area contributed by atoms with Gasteiger partial charge in [-0.15, -0.1) is 0 Å². The number of aryl methyl sites for hydroxylation is 1. The molecule has 7 heteroatoms. The number of hydrogen-bond donors (Lipinski definition) is 3. The van der Waals surface area contributed by atoms with Gasteiger partial charge in [-0.3, -0.25) is 9.48 Å². The number of anilines is 1. The number of aromatic nitrogens is 2. The SMILES string of the molecule is Cn1nccc1-c1cc(NC(=O)c2cccc(O)c2)ccc1OCC(C)(C)N. The molecule has 1 heterocycles. The number of phenols is 1. The fourth-order valence-corrected chi connectivity index (χ4v) is 2.69. The van der Waals surface area contributed by atoms with Gasteiger partial charge in [-0.1, -0.05) is 6.07 Å². The molecule has 28 heavy (non-hydrogen) atoms. The first-order valence-electron chi connectivity index (χ1n) is 8.87. The molecule has 0 bridgehead atoms. The van der Waals surface area contributed by atoms with Crippen LogP contribution in [-0.4, -0.2) is 32.9 Å². The van der Waals surface area contributed by atoms with Gasteiger partial charge in [0.2, 0.25) is 0 Å². The van der Waals surface area contributed by atoms with E-state index in [1.807, 2.05) is 33.0 Å². The van der Waals surface area contributed by atoms with E-state index in [1.54, 1.807) is 35.1 Å². The summed E-state index contributed by atoms with van der Waals surface area (Å²) in [5.74, 6) is 0.373. The van der Waals surface area contributed by atoms with E-state index in [0.29, 0.717) is 23.6 Å². The molecule has 7 nitrogen and oxygen atoms in total. The molecule has 0 aliphatic carbocycles. The number of nitrogens with two attached hydrogens (primary N) is 1. The zero-order valence-corrected chi connectivity index (χ0v) is 16.1. The predicted molar refractivity (Wildman–Crippen MR) is 108 cm³/mol. The third-order valence-corrected chi connectivity index (χ3v) is 4.04. The second-order valence-corrected chi connectivity index (χ2v) is 7.33. The van der Waals surface area contributed by atoms with Crippen LogP contribution in [0.4, 0.5) is 5.69 Å². The van der Waals surface area contributed by atoms with Gasteiger partial charge >= 0.3 is 0 Å². The van der Waals surface area contributed by atoms with E-state index in [4.69, 9.17) is 10.5 Å². The lowest BCUT2D eigenvalue weighted by Crippen LogP contribution is -2.38. The van der Waals surface area contributed by atoms with Crippen molar-refractivity contribution in [1.82, 2.24) is 9.78 Å². The second-order valence-electron chi connectivity index (χ2n) is 7.33. The van der Waals surface area contributed by atoms with E-state index >= 15 is 0 Å². The van der Waals surface area contributed by atoms with E-state index in [2.05, 4.69) is 10.4 Å². The minimum Gasteiger partial charge on any atom is -0.508 e. The number of benzene rings is 2. The first-order chi connectivity index (χ1) is 13.2. The van der Waals surface area contributed by atoms with Crippen LogP contribution in [0.2, 0.25) is 0 Å². The molecule has 1 amide bonds. The van der Waals surface area contributed by atoms with Crippen molar-refractivity contribution in [1.29, 1.82) is 0 Å². The summed E-state index contributed by atoms with van der Waals surface area (Å²) in [5, 5.41) is 16.6. The summed E-state index contributed by atoms with van der Waals surface area (Å²) in [6.45, 7) is 4.12. The largest absolute Gasteiger partial charge is 0.508 e. The van der Waals surface area contributed by atoms with E-state index in [1.165, 1.54) is 12.1 Å². The number of phenolic OH excluding ortho intramolecular Hbond substituents is 1. The maximum atomic E-state index is 12.5. The van der Waals surface area contributed by atoms with Crippen LogP contribution < -0.4 is 15.8 Å². The molecule has 0 saturated heterocycles. The Labute approximate surface area is 163 Å². The Balaban J connectivity index is 1.91. The minimum atomic E-state index is -0.480. The lowest BCUT2D eigenvalue weighted by atomic mass is 10.1. The van der Waals surface area contributed by atoms with Crippen LogP contribution in [-0.2, 0) is 7.05 Å². The highest BCUT2D eigenvalue weighted by atomic mass is 16.5. The quantitative estimate of drug-likeness (QED) is 0.610. The molecule has 1 aromatic heterocycles. The summed E-state index contributed by atoms with van der Waals surface area (Å²) in [6.07, 6.45) is 1.70. The number of carbonyl (C=O) groups excluding carboxylic acids is 1. The number of amides is 1. The van der Waals surface area contributed by atoms with Gasteiger partial charge in [-0.2, -0.15) is 5.10 Å². The molecule has 0 aliphatic heterocycles. The number of aromatic hydroxyl groups is 1. The van der Waals surface area contributed by atoms with Crippen LogP contribution in [0.15, 0.2) is 54.7 Å². The number of carbonyl (C=O) groups is 1. The topological polar surface area (TPSA) is 102 Å². The fraction of sp³-hybridized carbons (Fsp3) is 0.238. The van der Waals surface area contributed by atoms with Crippen LogP contribution >= 0.6 is 0 Å². The molecule has 4 N–H and O–H groups in total. The second kappa shape index (κ2) is 7.74. The van der Waals surface area contributed by atoms with Crippen molar-refractivity contribution in [2.45, 2.75) is 19.4 Å². The van der Waals surface area contributed by atoms with Crippen molar-refractivity contribution in [3.8, 4) is 22.8 Å². The first-order valence-corrected chi connectivity index (χ1v) is 8.87. The van der Waals surface area contributed by atoms with Crippen molar-refractivity contribution >= 4 is 11.6 Å². The molecular formula is C21H24N4O3. The van der Waals surface area contributed by atoms with Gasteiger partial charge in [0.25, 0.3) is 5.91 Å². The number of hydrogen-bond acceptors (Lipinski definition) is 5. The highest BCUT2D eigenvalue weighted by Crippen LogP contribution is 2.33. The first kappa shape index (κ1) is 19.4. The average molecular weight is 380 g/mol. The van der Waals surface area contributed by atoms with Crippen molar-refractivity contribution in [3.05, 3.63) is 60.3 Å². The van der Waals surface area contributed by atoms with Gasteiger partial charge in [0, 0.05) is 35.6 Å². The maximum Gasteiger partial charge on any atom is 0.255 e. The number of nitrogens with zero attached hydrogens (tertiary/aromatic N) is 2. The lowest BCUT2D eigenvalue weighted by molar-refractivity contribution is 0.102. The standard InChI is InChI=1S/C21H24N4O3/c1-21(2,22)13-28-19-8-7-15(12-17(19)18-9-10-23-25(18)3)24-20(27)14-5-4-6-16(26)11-14/h4-12,26H,13,22H2,1-3H3,(H,24,27). The van der Waals surface area contributed by atoms with Crippen LogP contribution in [0.25, 0.3) is 11.3 Å². The van der Waals surface area contributed by atoms with Gasteiger partial charge in [0.1, 0.15) is 18.1 Å². The molecule has 0 radical (unpaired) electrons. The number of ether oxygens (including phenoxy) is 1. The molecule has 0 atom stereocenters. The fourth-order valence-electron chi connectivity index (χ4n) is 2.69. The van der Waals surface area contributed by atoms with E-state index in [9.17, 15) is 9.90 Å². The summed E-state index contributed by atoms with van der Waals surface area (Å²) in [5.41, 5.74) is 8.16. The Morgan fingerprint density at radius 3 is 2.68 bits per heavy atom. The predicted octanol–water partition coefficient (Wildman–Crippen LogP) is 3.16. The minimum absolute atomic E-state index is 0.0383. The Morgan fingerprint density at radius 2 is 2.04 bits per heavy atom. The summed E-state index contributed by atoms with van der Waals surface area (Å²) in [6, 6.07) is 13.5. The molecule has 2 aromatic carbocycles. The van der Waals surface area contributed by atoms with Crippen molar-refractivity contribution in [3.63, 3.8) is 0 Å². The van der Waals surface area contributed by atoms with Crippen molar-refractivity contribution in [2.75, 3.05) is 11.9 Å². The molecule has 0 spiro atoms. The maximum absolute atomic E-state index is 12.5. The van der Waals surface area contributed by atoms with Gasteiger partial charge in [0.15, 0.2) is 0 Å². The molecule has 3 rings (SSSR count). The smallest absolute Gasteiger partial charge is 0.255 e. The van der Waals surface area contributed by atoms with E-state index in [0.717, 1.165) is 11.3 Å². The van der Waals surface area contributed by atoms with Crippen LogP contribution in [0.5, 0.6) is 11.5 Å². The molecule has 0 unspecified atom stereocenters. The highest BCUT2D eigenvalue weighted by Gasteiger charge is 2.17. The Hall–Kier alpha value is -3.32. The van der Waals surface area contributed by atoms with Gasteiger partial charge in [0.05, 0.1) is 5.69 Å². The van der Waals surface area contributed by atoms with Crippen molar-refractivity contribution in [2.24, 2.45) is 12.8 Å². The van der Waals surface area contributed by atoms with Gasteiger partial charge in [-0.05, 0) is 56.3 Å². The van der Waals surface area contributed by atoms with Crippen LogP contribution in [0.1, 0.15) is 24.2 Å². The van der Waals surface area contributed by atoms with Crippen molar-refractivity contribution < 1.29 is 14.6 Å². The monoisotopic (exact) mass is 380 g/mol. The molecule has 0 aliphatic rings. The lowest BCUT2D eigenvalue weighted by Gasteiger charge is -2.21. The summed E-state index contributed by atoms with van der Waals surface area (Å²) >= 11 is 0. The molecule has 146 valence electrons. The Kier molecular flexibility index (Phi) is 5.37. The van der Waals surface area contributed by atoms with Crippen LogP contribution in [0.3, 0.4) is 0 Å². The van der Waals surface area contributed by atoms with Crippen LogP contribution in [0, 0.1) is 0 Å². The van der Waals surface area contributed by atoms with E-state index in [-0.39, 0.29) is 11.7 Å². The zero-order valence-electron chi connectivity index (χ0n) is 16.1. The normalized spacial score (nSPS) is 11.3. The third-order valence-electron chi connectivity index (χ3n) is 4.04. The molecule has 3 aromatic rings. The zero-order chi connectivity index (χ0) is 20.3. The third kappa shape index (κ3) is 4.69. The summed E-state index contributed by atoms with van der Waals surface area (Å²) < 4.78 is 7.66. The molecule has 0 saturated carbocycles. The average Bonchev–Trinajstić information content (AvgIpc) is 3.05. The Morgan fingerprint density at radius 1 is 1.25 bits per heavy atom. The van der Waals surface area contributed by atoms with E-state index < -0.39 is 5.54 Å². The highest BCUT2D eigenvalue weighted by molar-refractivity contribution is 6.04. The summed E-state index contributed by atoms with van der Waals surface area (Å²) in [7, 11) is 1.84. The van der Waals surface area contributed by atoms with Gasteiger partial charge < -0.3 is 20.9 Å².